The van der Waals surface area contributed by atoms with Crippen molar-refractivity contribution in [3.05, 3.63) is 129 Å². The van der Waals surface area contributed by atoms with E-state index in [2.05, 4.69) is 16.7 Å². The summed E-state index contributed by atoms with van der Waals surface area (Å²) in [5.74, 6) is 0.839. The van der Waals surface area contributed by atoms with Crippen molar-refractivity contribution in [3.63, 3.8) is 0 Å². The van der Waals surface area contributed by atoms with Crippen LogP contribution in [0.4, 0.5) is 11.4 Å². The van der Waals surface area contributed by atoms with Crippen LogP contribution < -0.4 is 15.4 Å². The summed E-state index contributed by atoms with van der Waals surface area (Å²) >= 11 is 0. The maximum Gasteiger partial charge on any atom is 0.343 e. The molecule has 39 heavy (non-hydrogen) atoms. The number of hydrogen-bond donors (Lipinski definition) is 0. The van der Waals surface area contributed by atoms with Gasteiger partial charge in [0.25, 0.3) is 5.70 Å². The standard InChI is InChI=1S/C32H28N4O3/c1-6-36(5)26-12-7-22(8-13-26)9-15-28-18-25(30(21-33)34-2)19-29(38-28)16-11-24-17-23-10-14-27(35(3)4)20-31(23)39-32(24)37/h7-20H,6H2,1,3-5H3/b15-9+,16-11+,30-25+. The van der Waals surface area contributed by atoms with E-state index >= 15 is 0 Å². The Labute approximate surface area is 228 Å². The van der Waals surface area contributed by atoms with Crippen molar-refractivity contribution >= 4 is 34.5 Å². The van der Waals surface area contributed by atoms with E-state index < -0.39 is 5.63 Å². The predicted octanol–water partition coefficient (Wildman–Crippen LogP) is 6.54. The van der Waals surface area contributed by atoms with Gasteiger partial charge in [0.1, 0.15) is 17.1 Å². The first kappa shape index (κ1) is 26.8. The monoisotopic (exact) mass is 516 g/mol. The van der Waals surface area contributed by atoms with Crippen LogP contribution in [-0.2, 0) is 4.74 Å². The third-order valence-corrected chi connectivity index (χ3v) is 6.26. The van der Waals surface area contributed by atoms with Gasteiger partial charge in [0.15, 0.2) is 0 Å². The minimum absolute atomic E-state index is 0.0519. The maximum absolute atomic E-state index is 12.7. The molecule has 1 aliphatic heterocycles. The average molecular weight is 517 g/mol. The number of ether oxygens (including phenoxy) is 1. The Kier molecular flexibility index (Phi) is 8.14. The van der Waals surface area contributed by atoms with E-state index in [1.165, 1.54) is 0 Å². The van der Waals surface area contributed by atoms with E-state index in [-0.39, 0.29) is 5.70 Å². The minimum atomic E-state index is -0.478. The zero-order valence-corrected chi connectivity index (χ0v) is 22.3. The lowest BCUT2D eigenvalue weighted by Gasteiger charge is -2.16. The van der Waals surface area contributed by atoms with E-state index in [9.17, 15) is 10.1 Å². The maximum atomic E-state index is 12.7. The van der Waals surface area contributed by atoms with Crippen LogP contribution >= 0.6 is 0 Å². The Balaban J connectivity index is 1.62. The molecule has 0 radical (unpaired) electrons. The van der Waals surface area contributed by atoms with Gasteiger partial charge in [0.05, 0.1) is 18.2 Å². The molecule has 0 atom stereocenters. The van der Waals surface area contributed by atoms with Crippen molar-refractivity contribution in [3.8, 4) is 6.07 Å². The highest BCUT2D eigenvalue weighted by atomic mass is 16.5. The van der Waals surface area contributed by atoms with E-state index in [1.54, 1.807) is 36.4 Å². The van der Waals surface area contributed by atoms with Crippen molar-refractivity contribution in [1.82, 2.24) is 0 Å². The van der Waals surface area contributed by atoms with Gasteiger partial charge >= 0.3 is 5.63 Å². The van der Waals surface area contributed by atoms with Crippen LogP contribution in [0.3, 0.4) is 0 Å². The topological polar surface area (TPSA) is 74.1 Å². The first-order valence-corrected chi connectivity index (χ1v) is 12.4. The molecule has 0 amide bonds. The zero-order chi connectivity index (χ0) is 27.9. The number of allylic oxidation sites excluding steroid dienone is 6. The molecule has 0 saturated carbocycles. The molecule has 0 N–H and O–H groups in total. The lowest BCUT2D eigenvalue weighted by atomic mass is 10.1. The summed E-state index contributed by atoms with van der Waals surface area (Å²) in [6.45, 7) is 10.4. The third-order valence-electron chi connectivity index (χ3n) is 6.26. The Bertz CT molecular complexity index is 1670. The van der Waals surface area contributed by atoms with Crippen molar-refractivity contribution in [1.29, 1.82) is 5.26 Å². The molecular weight excluding hydrogens is 488 g/mol. The van der Waals surface area contributed by atoms with Gasteiger partial charge in [0.2, 0.25) is 0 Å². The fourth-order valence-electron chi connectivity index (χ4n) is 3.88. The number of benzene rings is 2. The van der Waals surface area contributed by atoms with Crippen LogP contribution in [0.5, 0.6) is 0 Å². The quantitative estimate of drug-likeness (QED) is 0.202. The molecule has 0 saturated heterocycles. The molecule has 2 aromatic carbocycles. The summed E-state index contributed by atoms with van der Waals surface area (Å²) < 4.78 is 11.5. The average Bonchev–Trinajstić information content (AvgIpc) is 2.95. The van der Waals surface area contributed by atoms with Crippen LogP contribution in [0.1, 0.15) is 18.1 Å². The van der Waals surface area contributed by atoms with Gasteiger partial charge in [-0.3, -0.25) is 0 Å². The minimum Gasteiger partial charge on any atom is -0.457 e. The number of anilines is 2. The van der Waals surface area contributed by atoms with Crippen LogP contribution in [0, 0.1) is 17.9 Å². The molecule has 3 aromatic rings. The van der Waals surface area contributed by atoms with Crippen LogP contribution in [-0.4, -0.2) is 27.7 Å². The van der Waals surface area contributed by atoms with Crippen molar-refractivity contribution in [2.75, 3.05) is 37.5 Å². The van der Waals surface area contributed by atoms with Gasteiger partial charge < -0.3 is 19.0 Å². The summed E-state index contributed by atoms with van der Waals surface area (Å²) in [4.78, 5) is 20.1. The Morgan fingerprint density at radius 1 is 0.974 bits per heavy atom. The molecule has 1 aromatic heterocycles. The number of nitriles is 1. The highest BCUT2D eigenvalue weighted by Gasteiger charge is 2.13. The molecule has 0 fully saturated rings. The summed E-state index contributed by atoms with van der Waals surface area (Å²) in [6.07, 6.45) is 10.2. The van der Waals surface area contributed by atoms with Crippen LogP contribution in [0.2, 0.25) is 0 Å². The smallest absolute Gasteiger partial charge is 0.343 e. The Morgan fingerprint density at radius 2 is 1.64 bits per heavy atom. The molecule has 1 aliphatic rings. The molecule has 194 valence electrons. The van der Waals surface area contributed by atoms with E-state index in [0.717, 1.165) is 28.9 Å². The first-order valence-electron chi connectivity index (χ1n) is 12.4. The van der Waals surface area contributed by atoms with Crippen LogP contribution in [0.15, 0.2) is 105 Å². The largest absolute Gasteiger partial charge is 0.457 e. The SMILES string of the molecule is [C-]#[N+]/C(C#N)=C1C=C(/C=C/c2ccc(N(C)CC)cc2)OC(/C=C/c2cc3ccc(N(C)C)cc3oc2=O)=C\1. The summed E-state index contributed by atoms with van der Waals surface area (Å²) in [5, 5.41) is 10.2. The number of nitrogens with zero attached hydrogens (tertiary/aromatic N) is 4. The third kappa shape index (κ3) is 6.36. The van der Waals surface area contributed by atoms with E-state index in [0.29, 0.717) is 28.2 Å². The number of fused-ring (bicyclic) bond motifs is 1. The van der Waals surface area contributed by atoms with Crippen molar-refractivity contribution in [2.45, 2.75) is 6.92 Å². The molecule has 4 rings (SSSR count). The lowest BCUT2D eigenvalue weighted by Crippen LogP contribution is -2.15. The fraction of sp³-hybridized carbons (Fsp3) is 0.156. The Hall–Kier alpha value is -5.27. The second kappa shape index (κ2) is 11.9. The molecule has 0 unspecified atom stereocenters. The summed E-state index contributed by atoms with van der Waals surface area (Å²) in [6, 6.07) is 17.5. The van der Waals surface area contributed by atoms with Gasteiger partial charge in [-0.15, -0.1) is 0 Å². The number of rotatable bonds is 7. The van der Waals surface area contributed by atoms with Gasteiger partial charge in [0, 0.05) is 50.5 Å². The van der Waals surface area contributed by atoms with Gasteiger partial charge in [-0.2, -0.15) is 0 Å². The molecule has 7 heteroatoms. The first-order chi connectivity index (χ1) is 18.8. The second-order valence-corrected chi connectivity index (χ2v) is 9.10. The van der Waals surface area contributed by atoms with E-state index in [1.807, 2.05) is 80.7 Å². The zero-order valence-electron chi connectivity index (χ0n) is 22.3. The van der Waals surface area contributed by atoms with Gasteiger partial charge in [-0.05, 0) is 78.8 Å². The highest BCUT2D eigenvalue weighted by molar-refractivity contribution is 5.82. The molecular formula is C32H28N4O3. The lowest BCUT2D eigenvalue weighted by molar-refractivity contribution is 0.332. The highest BCUT2D eigenvalue weighted by Crippen LogP contribution is 2.26. The van der Waals surface area contributed by atoms with Crippen molar-refractivity contribution < 1.29 is 9.15 Å². The number of hydrogen-bond acceptors (Lipinski definition) is 6. The normalized spacial score (nSPS) is 14.4. The second-order valence-electron chi connectivity index (χ2n) is 9.10. The molecule has 2 heterocycles. The fourth-order valence-corrected chi connectivity index (χ4v) is 3.88. The molecule has 0 aliphatic carbocycles. The van der Waals surface area contributed by atoms with Gasteiger partial charge in [-0.25, -0.2) is 14.9 Å². The Morgan fingerprint density at radius 3 is 2.26 bits per heavy atom. The van der Waals surface area contributed by atoms with Crippen molar-refractivity contribution in [2.24, 2.45) is 0 Å². The molecule has 0 bridgehead atoms. The summed E-state index contributed by atoms with van der Waals surface area (Å²) in [7, 11) is 5.87. The van der Waals surface area contributed by atoms with Crippen LogP contribution in [0.25, 0.3) is 28.0 Å². The van der Waals surface area contributed by atoms with Gasteiger partial charge in [-0.1, -0.05) is 18.2 Å². The van der Waals surface area contributed by atoms with E-state index in [4.69, 9.17) is 15.7 Å². The molecule has 0 spiro atoms. The summed E-state index contributed by atoms with van der Waals surface area (Å²) in [5.41, 5.74) is 3.78. The molecule has 7 nitrogen and oxygen atoms in total. The predicted molar refractivity (Wildman–Crippen MR) is 157 cm³/mol.